The molecule has 1 atom stereocenters. The molecule has 1 aromatic carbocycles. The van der Waals surface area contributed by atoms with Crippen molar-refractivity contribution in [3.05, 3.63) is 29.8 Å². The molecule has 106 valence electrons. The number of carbonyl (C=O) groups is 2. The van der Waals surface area contributed by atoms with E-state index < -0.39 is 29.5 Å². The Morgan fingerprint density at radius 1 is 1.30 bits per heavy atom. The third-order valence-corrected chi connectivity index (χ3v) is 2.31. The Balaban J connectivity index is 2.82. The first-order valence-corrected chi connectivity index (χ1v) is 5.25. The molecule has 0 aromatic heterocycles. The predicted molar refractivity (Wildman–Crippen MR) is 61.2 cm³/mol. The number of benzene rings is 1. The highest BCUT2D eigenvalue weighted by atomic mass is 19.4. The maximum atomic E-state index is 12.3. The average molecular weight is 286 g/mol. The monoisotopic (exact) mass is 286 g/mol. The van der Waals surface area contributed by atoms with Gasteiger partial charge in [0.15, 0.2) is 0 Å². The molecule has 1 amide bonds. The number of methoxy groups -OCH3 is 1. The molecule has 20 heavy (non-hydrogen) atoms. The van der Waals surface area contributed by atoms with E-state index in [1.165, 1.54) is 6.07 Å². The number of ether oxygens (including phenoxy) is 1. The fourth-order valence-corrected chi connectivity index (χ4v) is 1.29. The summed E-state index contributed by atoms with van der Waals surface area (Å²) in [5.74, 6) is -3.70. The van der Waals surface area contributed by atoms with Gasteiger partial charge in [-0.05, 0) is 24.3 Å². The lowest BCUT2D eigenvalue weighted by Gasteiger charge is -2.10. The Morgan fingerprint density at radius 2 is 1.85 bits per heavy atom. The lowest BCUT2D eigenvalue weighted by molar-refractivity contribution is -0.146. The minimum absolute atomic E-state index is 0.0344. The third-order valence-electron chi connectivity index (χ3n) is 2.31. The van der Waals surface area contributed by atoms with Gasteiger partial charge in [-0.25, -0.2) is 0 Å². The maximum Gasteiger partial charge on any atom is 0.416 e. The quantitative estimate of drug-likeness (QED) is 0.680. The summed E-state index contributed by atoms with van der Waals surface area (Å²) in [6.45, 7) is 0. The van der Waals surface area contributed by atoms with E-state index in [0.717, 1.165) is 31.4 Å². The van der Waals surface area contributed by atoms with Crippen molar-refractivity contribution in [2.75, 3.05) is 12.4 Å². The van der Waals surface area contributed by atoms with Crippen LogP contribution in [-0.4, -0.2) is 19.0 Å². The number of rotatable bonds is 3. The van der Waals surface area contributed by atoms with Crippen LogP contribution in [0, 0.1) is 17.2 Å². The first kappa shape index (κ1) is 15.5. The second-order valence-electron chi connectivity index (χ2n) is 3.65. The van der Waals surface area contributed by atoms with Crippen LogP contribution < -0.4 is 5.32 Å². The van der Waals surface area contributed by atoms with Crippen molar-refractivity contribution in [2.45, 2.75) is 6.18 Å². The van der Waals surface area contributed by atoms with Crippen molar-refractivity contribution in [3.8, 4) is 6.07 Å². The molecule has 0 radical (unpaired) electrons. The lowest BCUT2D eigenvalue weighted by atomic mass is 10.1. The van der Waals surface area contributed by atoms with Crippen LogP contribution in [0.25, 0.3) is 0 Å². The van der Waals surface area contributed by atoms with Gasteiger partial charge in [0.2, 0.25) is 5.92 Å². The molecule has 5 nitrogen and oxygen atoms in total. The zero-order chi connectivity index (χ0) is 15.3. The highest BCUT2D eigenvalue weighted by Crippen LogP contribution is 2.29. The Morgan fingerprint density at radius 3 is 2.25 bits per heavy atom. The Hall–Kier alpha value is -2.56. The number of carbonyl (C=O) groups excluding carboxylic acids is 2. The molecule has 0 fully saturated rings. The van der Waals surface area contributed by atoms with Gasteiger partial charge >= 0.3 is 12.1 Å². The van der Waals surface area contributed by atoms with E-state index in [1.807, 2.05) is 0 Å². The van der Waals surface area contributed by atoms with Gasteiger partial charge in [0, 0.05) is 5.69 Å². The Labute approximate surface area is 111 Å². The minimum atomic E-state index is -4.48. The van der Waals surface area contributed by atoms with Crippen molar-refractivity contribution in [1.29, 1.82) is 5.26 Å². The standard InChI is InChI=1S/C12H9F3N2O3/c1-20-11(19)9(6-16)10(18)17-8-4-2-7(3-5-8)12(13,14)15/h2-5,9H,1H3,(H,17,18). The summed E-state index contributed by atoms with van der Waals surface area (Å²) in [5.41, 5.74) is -0.840. The van der Waals surface area contributed by atoms with Gasteiger partial charge in [-0.1, -0.05) is 0 Å². The minimum Gasteiger partial charge on any atom is -0.468 e. The zero-order valence-electron chi connectivity index (χ0n) is 10.2. The number of esters is 1. The molecule has 0 aliphatic carbocycles. The van der Waals surface area contributed by atoms with Crippen molar-refractivity contribution in [3.63, 3.8) is 0 Å². The molecule has 1 rings (SSSR count). The summed E-state index contributed by atoms with van der Waals surface area (Å²) in [5, 5.41) is 10.8. The van der Waals surface area contributed by atoms with Gasteiger partial charge in [-0.15, -0.1) is 0 Å². The first-order valence-electron chi connectivity index (χ1n) is 5.25. The largest absolute Gasteiger partial charge is 0.468 e. The first-order chi connectivity index (χ1) is 9.29. The van der Waals surface area contributed by atoms with Crippen molar-refractivity contribution in [1.82, 2.24) is 0 Å². The number of hydrogen-bond donors (Lipinski definition) is 1. The molecule has 0 spiro atoms. The number of nitriles is 1. The number of nitrogens with zero attached hydrogens (tertiary/aromatic N) is 1. The summed E-state index contributed by atoms with van der Waals surface area (Å²) in [6, 6.07) is 5.03. The van der Waals surface area contributed by atoms with E-state index in [1.54, 1.807) is 0 Å². The van der Waals surface area contributed by atoms with Crippen molar-refractivity contribution in [2.24, 2.45) is 5.92 Å². The molecular formula is C12H9F3N2O3. The number of nitrogens with one attached hydrogen (secondary N) is 1. The fraction of sp³-hybridized carbons (Fsp3) is 0.250. The van der Waals surface area contributed by atoms with Gasteiger partial charge in [-0.3, -0.25) is 9.59 Å². The van der Waals surface area contributed by atoms with Gasteiger partial charge < -0.3 is 10.1 Å². The molecule has 0 heterocycles. The van der Waals surface area contributed by atoms with Crippen LogP contribution >= 0.6 is 0 Å². The Kier molecular flexibility index (Phi) is 4.69. The van der Waals surface area contributed by atoms with E-state index in [9.17, 15) is 22.8 Å². The van der Waals surface area contributed by atoms with Crippen LogP contribution in [0.4, 0.5) is 18.9 Å². The van der Waals surface area contributed by atoms with Crippen molar-refractivity contribution >= 4 is 17.6 Å². The molecule has 0 saturated carbocycles. The van der Waals surface area contributed by atoms with Crippen LogP contribution in [0.1, 0.15) is 5.56 Å². The fourth-order valence-electron chi connectivity index (χ4n) is 1.29. The second-order valence-corrected chi connectivity index (χ2v) is 3.65. The number of halogens is 3. The molecule has 1 unspecified atom stereocenters. The molecule has 1 N–H and O–H groups in total. The summed E-state index contributed by atoms with van der Waals surface area (Å²) in [4.78, 5) is 22.7. The maximum absolute atomic E-state index is 12.3. The van der Waals surface area contributed by atoms with Gasteiger partial charge in [-0.2, -0.15) is 18.4 Å². The van der Waals surface area contributed by atoms with Crippen LogP contribution in [0.3, 0.4) is 0 Å². The number of amides is 1. The molecule has 0 saturated heterocycles. The smallest absolute Gasteiger partial charge is 0.416 e. The normalized spacial score (nSPS) is 12.2. The Bertz CT molecular complexity index is 547. The number of anilines is 1. The highest BCUT2D eigenvalue weighted by molar-refractivity contribution is 6.06. The zero-order valence-corrected chi connectivity index (χ0v) is 10.2. The predicted octanol–water partition coefficient (Wildman–Crippen LogP) is 1.96. The number of alkyl halides is 3. The van der Waals surface area contributed by atoms with Gasteiger partial charge in [0.1, 0.15) is 0 Å². The summed E-state index contributed by atoms with van der Waals surface area (Å²) in [7, 11) is 1.01. The van der Waals surface area contributed by atoms with Crippen LogP contribution in [0.2, 0.25) is 0 Å². The van der Waals surface area contributed by atoms with E-state index in [0.29, 0.717) is 0 Å². The van der Waals surface area contributed by atoms with Crippen LogP contribution in [-0.2, 0) is 20.5 Å². The SMILES string of the molecule is COC(=O)C(C#N)C(=O)Nc1ccc(C(F)(F)F)cc1. The van der Waals surface area contributed by atoms with E-state index in [-0.39, 0.29) is 5.69 Å². The lowest BCUT2D eigenvalue weighted by Crippen LogP contribution is -2.29. The number of hydrogen-bond acceptors (Lipinski definition) is 4. The second kappa shape index (κ2) is 6.06. The molecule has 0 aliphatic heterocycles. The highest BCUT2D eigenvalue weighted by Gasteiger charge is 2.30. The van der Waals surface area contributed by atoms with E-state index >= 15 is 0 Å². The average Bonchev–Trinajstić information content (AvgIpc) is 2.38. The van der Waals surface area contributed by atoms with Gasteiger partial charge in [0.05, 0.1) is 18.7 Å². The topological polar surface area (TPSA) is 79.2 Å². The van der Waals surface area contributed by atoms with E-state index in [4.69, 9.17) is 5.26 Å². The molecular weight excluding hydrogens is 277 g/mol. The van der Waals surface area contributed by atoms with Gasteiger partial charge in [0.25, 0.3) is 5.91 Å². The molecule has 0 bridgehead atoms. The molecule has 1 aromatic rings. The van der Waals surface area contributed by atoms with Crippen molar-refractivity contribution < 1.29 is 27.5 Å². The van der Waals surface area contributed by atoms with Crippen LogP contribution in [0.15, 0.2) is 24.3 Å². The third kappa shape index (κ3) is 3.71. The summed E-state index contributed by atoms with van der Waals surface area (Å²) >= 11 is 0. The van der Waals surface area contributed by atoms with Crippen LogP contribution in [0.5, 0.6) is 0 Å². The summed E-state index contributed by atoms with van der Waals surface area (Å²) < 4.78 is 41.2. The molecule has 8 heteroatoms. The molecule has 0 aliphatic rings. The van der Waals surface area contributed by atoms with E-state index in [2.05, 4.69) is 10.1 Å². The summed E-state index contributed by atoms with van der Waals surface area (Å²) in [6.07, 6.45) is -4.48.